The molecule has 3 heteroatoms. The van der Waals surface area contributed by atoms with Crippen LogP contribution in [-0.2, 0) is 6.42 Å². The molecule has 1 aromatic heterocycles. The lowest BCUT2D eigenvalue weighted by Crippen LogP contribution is -2.36. The molecule has 2 fully saturated rings. The van der Waals surface area contributed by atoms with E-state index in [2.05, 4.69) is 24.0 Å². The second-order valence-corrected chi connectivity index (χ2v) is 8.60. The van der Waals surface area contributed by atoms with Gasteiger partial charge in [0, 0.05) is 11.4 Å². The van der Waals surface area contributed by atoms with Crippen molar-refractivity contribution in [3.8, 4) is 5.06 Å². The highest BCUT2D eigenvalue weighted by Gasteiger charge is 2.18. The predicted molar refractivity (Wildman–Crippen MR) is 99.5 cm³/mol. The molecule has 1 aliphatic heterocycles. The minimum atomic E-state index is 0.847. The Morgan fingerprint density at radius 2 is 1.83 bits per heavy atom. The first kappa shape index (κ1) is 17.3. The largest absolute Gasteiger partial charge is 0.483 e. The summed E-state index contributed by atoms with van der Waals surface area (Å²) in [5.41, 5.74) is 0. The average Bonchev–Trinajstić information content (AvgIpc) is 3.04. The van der Waals surface area contributed by atoms with E-state index >= 15 is 0 Å². The van der Waals surface area contributed by atoms with Gasteiger partial charge in [-0.3, -0.25) is 4.90 Å². The number of ether oxygens (including phenoxy) is 1. The quantitative estimate of drug-likeness (QED) is 0.664. The minimum absolute atomic E-state index is 0.847. The van der Waals surface area contributed by atoms with E-state index in [-0.39, 0.29) is 0 Å². The standard InChI is InChI=1S/C20H33NOS/c1-2-17-10-12-21(13-11-17)14-15-22-20-9-8-19(23-20)16-18-6-4-3-5-7-18/h8-9,17-18H,2-7,10-16H2,1H3. The third kappa shape index (κ3) is 5.49. The number of rotatable bonds is 7. The molecule has 0 radical (unpaired) electrons. The van der Waals surface area contributed by atoms with Gasteiger partial charge in [-0.25, -0.2) is 0 Å². The van der Waals surface area contributed by atoms with Crippen LogP contribution >= 0.6 is 11.3 Å². The van der Waals surface area contributed by atoms with Crippen LogP contribution < -0.4 is 4.74 Å². The monoisotopic (exact) mass is 335 g/mol. The van der Waals surface area contributed by atoms with E-state index in [1.165, 1.54) is 75.8 Å². The molecule has 0 spiro atoms. The molecule has 1 saturated heterocycles. The third-order valence-corrected chi connectivity index (χ3v) is 6.81. The zero-order valence-corrected chi connectivity index (χ0v) is 15.6. The van der Waals surface area contributed by atoms with Gasteiger partial charge >= 0.3 is 0 Å². The summed E-state index contributed by atoms with van der Waals surface area (Å²) in [5, 5.41) is 1.12. The Morgan fingerprint density at radius 3 is 2.57 bits per heavy atom. The summed E-state index contributed by atoms with van der Waals surface area (Å²) < 4.78 is 6.01. The van der Waals surface area contributed by atoms with Crippen molar-refractivity contribution in [3.63, 3.8) is 0 Å². The topological polar surface area (TPSA) is 12.5 Å². The van der Waals surface area contributed by atoms with Crippen LogP contribution in [0.25, 0.3) is 0 Å². The van der Waals surface area contributed by atoms with Crippen LogP contribution in [0.3, 0.4) is 0 Å². The smallest absolute Gasteiger partial charge is 0.174 e. The van der Waals surface area contributed by atoms with Crippen LogP contribution in [-0.4, -0.2) is 31.1 Å². The van der Waals surface area contributed by atoms with Crippen LogP contribution in [0.5, 0.6) is 5.06 Å². The summed E-state index contributed by atoms with van der Waals surface area (Å²) in [6, 6.07) is 4.48. The van der Waals surface area contributed by atoms with Gasteiger partial charge in [-0.2, -0.15) is 0 Å². The Hall–Kier alpha value is -0.540. The maximum atomic E-state index is 6.01. The highest BCUT2D eigenvalue weighted by Crippen LogP contribution is 2.32. The Kier molecular flexibility index (Phi) is 6.82. The van der Waals surface area contributed by atoms with Crippen LogP contribution in [0.4, 0.5) is 0 Å². The second kappa shape index (κ2) is 9.08. The molecule has 2 nitrogen and oxygen atoms in total. The lowest BCUT2D eigenvalue weighted by Gasteiger charge is -2.31. The van der Waals surface area contributed by atoms with Gasteiger partial charge in [0.05, 0.1) is 0 Å². The molecule has 23 heavy (non-hydrogen) atoms. The fourth-order valence-electron chi connectivity index (χ4n) is 4.11. The molecule has 0 unspecified atom stereocenters. The van der Waals surface area contributed by atoms with Gasteiger partial charge < -0.3 is 4.74 Å². The first-order chi connectivity index (χ1) is 11.3. The van der Waals surface area contributed by atoms with Crippen molar-refractivity contribution in [2.45, 2.75) is 64.7 Å². The minimum Gasteiger partial charge on any atom is -0.483 e. The molecule has 0 aromatic carbocycles. The van der Waals surface area contributed by atoms with Gasteiger partial charge in [-0.15, -0.1) is 11.3 Å². The van der Waals surface area contributed by atoms with E-state index in [9.17, 15) is 0 Å². The SMILES string of the molecule is CCC1CCN(CCOc2ccc(CC3CCCCC3)s2)CC1. The van der Waals surface area contributed by atoms with Crippen molar-refractivity contribution < 1.29 is 4.74 Å². The number of likely N-dealkylation sites (tertiary alicyclic amines) is 1. The lowest BCUT2D eigenvalue weighted by molar-refractivity contribution is 0.155. The van der Waals surface area contributed by atoms with Crippen molar-refractivity contribution in [2.75, 3.05) is 26.2 Å². The van der Waals surface area contributed by atoms with E-state index in [4.69, 9.17) is 4.74 Å². The molecule has 2 heterocycles. The van der Waals surface area contributed by atoms with Gasteiger partial charge in [-0.1, -0.05) is 45.4 Å². The van der Waals surface area contributed by atoms with E-state index < -0.39 is 0 Å². The zero-order chi connectivity index (χ0) is 15.9. The lowest BCUT2D eigenvalue weighted by atomic mass is 9.87. The van der Waals surface area contributed by atoms with Crippen LogP contribution in [0.2, 0.25) is 0 Å². The normalized spacial score (nSPS) is 21.6. The maximum Gasteiger partial charge on any atom is 0.174 e. The molecule has 3 rings (SSSR count). The van der Waals surface area contributed by atoms with Crippen molar-refractivity contribution in [1.82, 2.24) is 4.90 Å². The Morgan fingerprint density at radius 1 is 1.04 bits per heavy atom. The van der Waals surface area contributed by atoms with Crippen LogP contribution in [0, 0.1) is 11.8 Å². The van der Waals surface area contributed by atoms with Crippen LogP contribution in [0.1, 0.15) is 63.2 Å². The van der Waals surface area contributed by atoms with Crippen molar-refractivity contribution >= 4 is 11.3 Å². The fourth-order valence-corrected chi connectivity index (χ4v) is 5.11. The molecular weight excluding hydrogens is 302 g/mol. The Labute approximate surface area is 146 Å². The van der Waals surface area contributed by atoms with Gasteiger partial charge in [0.15, 0.2) is 5.06 Å². The predicted octanol–water partition coefficient (Wildman–Crippen LogP) is 5.37. The third-order valence-electron chi connectivity index (χ3n) is 5.79. The molecule has 1 aromatic rings. The first-order valence-electron chi connectivity index (χ1n) is 9.77. The summed E-state index contributed by atoms with van der Waals surface area (Å²) in [6.07, 6.45) is 12.6. The molecule has 0 bridgehead atoms. The van der Waals surface area contributed by atoms with Crippen molar-refractivity contribution in [1.29, 1.82) is 0 Å². The maximum absolute atomic E-state index is 6.01. The van der Waals surface area contributed by atoms with E-state index in [1.54, 1.807) is 0 Å². The second-order valence-electron chi connectivity index (χ2n) is 7.47. The number of hydrogen-bond donors (Lipinski definition) is 0. The molecule has 1 saturated carbocycles. The number of hydrogen-bond acceptors (Lipinski definition) is 3. The molecule has 0 atom stereocenters. The van der Waals surface area contributed by atoms with Crippen molar-refractivity contribution in [3.05, 3.63) is 17.0 Å². The summed E-state index contributed by atoms with van der Waals surface area (Å²) in [6.45, 7) is 6.79. The summed E-state index contributed by atoms with van der Waals surface area (Å²) in [5.74, 6) is 1.89. The number of nitrogens with zero attached hydrogens (tertiary/aromatic N) is 1. The Balaban J connectivity index is 1.34. The summed E-state index contributed by atoms with van der Waals surface area (Å²) in [4.78, 5) is 4.10. The molecule has 1 aliphatic carbocycles. The average molecular weight is 336 g/mol. The van der Waals surface area contributed by atoms with Crippen LogP contribution in [0.15, 0.2) is 12.1 Å². The number of piperidine rings is 1. The Bertz CT molecular complexity index is 444. The molecule has 0 N–H and O–H groups in total. The molecule has 2 aliphatic rings. The summed E-state index contributed by atoms with van der Waals surface area (Å²) >= 11 is 1.88. The fraction of sp³-hybridized carbons (Fsp3) is 0.800. The summed E-state index contributed by atoms with van der Waals surface area (Å²) in [7, 11) is 0. The van der Waals surface area contributed by atoms with Gasteiger partial charge in [0.1, 0.15) is 6.61 Å². The van der Waals surface area contributed by atoms with Gasteiger partial charge in [0.2, 0.25) is 0 Å². The molecule has 0 amide bonds. The van der Waals surface area contributed by atoms with Gasteiger partial charge in [0.25, 0.3) is 0 Å². The highest BCUT2D eigenvalue weighted by atomic mass is 32.1. The van der Waals surface area contributed by atoms with E-state index in [1.807, 2.05) is 11.3 Å². The molecule has 130 valence electrons. The number of thiophene rings is 1. The van der Waals surface area contributed by atoms with E-state index in [0.29, 0.717) is 0 Å². The first-order valence-corrected chi connectivity index (χ1v) is 10.6. The molecular formula is C20H33NOS. The zero-order valence-electron chi connectivity index (χ0n) is 14.8. The van der Waals surface area contributed by atoms with Gasteiger partial charge in [-0.05, 0) is 56.3 Å². The highest BCUT2D eigenvalue weighted by molar-refractivity contribution is 7.13. The van der Waals surface area contributed by atoms with Crippen molar-refractivity contribution in [2.24, 2.45) is 11.8 Å². The van der Waals surface area contributed by atoms with E-state index in [0.717, 1.165) is 30.1 Å².